The lowest BCUT2D eigenvalue weighted by molar-refractivity contribution is 0.319. The van der Waals surface area contributed by atoms with Gasteiger partial charge in [-0.1, -0.05) is 19.3 Å². The van der Waals surface area contributed by atoms with Crippen molar-refractivity contribution in [2.24, 2.45) is 0 Å². The smallest absolute Gasteiger partial charge is 0.258 e. The molecule has 0 amide bonds. The molecule has 0 unspecified atom stereocenters. The average molecular weight is 210 g/mol. The first-order valence-electron chi connectivity index (χ1n) is 5.41. The van der Waals surface area contributed by atoms with Crippen LogP contribution < -0.4 is 16.2 Å². The molecule has 1 heterocycles. The molecule has 0 aliphatic heterocycles. The predicted molar refractivity (Wildman–Crippen MR) is 59.7 cm³/mol. The van der Waals surface area contributed by atoms with E-state index in [1.807, 2.05) is 4.68 Å². The van der Waals surface area contributed by atoms with Gasteiger partial charge in [0.15, 0.2) is 0 Å². The number of hydrogen-bond acceptors (Lipinski definition) is 4. The summed E-state index contributed by atoms with van der Waals surface area (Å²) in [7, 11) is 1.56. The van der Waals surface area contributed by atoms with Gasteiger partial charge in [0.25, 0.3) is 5.88 Å². The van der Waals surface area contributed by atoms with E-state index >= 15 is 0 Å². The zero-order chi connectivity index (χ0) is 10.8. The topological polar surface area (TPSA) is 79.1 Å². The van der Waals surface area contributed by atoms with E-state index in [-0.39, 0.29) is 0 Å². The minimum atomic E-state index is 0.393. The van der Waals surface area contributed by atoms with E-state index in [1.54, 1.807) is 7.11 Å². The van der Waals surface area contributed by atoms with Crippen LogP contribution in [0.4, 0.5) is 11.5 Å². The molecule has 5 nitrogen and oxygen atoms in total. The van der Waals surface area contributed by atoms with Crippen LogP contribution in [-0.4, -0.2) is 16.9 Å². The standard InChI is InChI=1S/C10H18N4O/c1-15-10-8(11)9(12)14(13-10)7-5-3-2-4-6-7/h7H,2-6,11-12H2,1H3. The van der Waals surface area contributed by atoms with Gasteiger partial charge in [-0.15, -0.1) is 5.10 Å². The second-order valence-corrected chi connectivity index (χ2v) is 4.04. The molecular weight excluding hydrogens is 192 g/mol. The molecule has 1 aromatic heterocycles. The van der Waals surface area contributed by atoms with E-state index < -0.39 is 0 Å². The molecule has 5 heteroatoms. The Morgan fingerprint density at radius 2 is 1.93 bits per heavy atom. The Morgan fingerprint density at radius 3 is 2.47 bits per heavy atom. The molecule has 1 aliphatic rings. The SMILES string of the molecule is COc1nn(C2CCCCC2)c(N)c1N. The molecule has 1 aliphatic carbocycles. The summed E-state index contributed by atoms with van der Waals surface area (Å²) in [5.74, 6) is 0.983. The van der Waals surface area contributed by atoms with Crippen molar-refractivity contribution in [3.63, 3.8) is 0 Å². The van der Waals surface area contributed by atoms with Gasteiger partial charge in [-0.05, 0) is 12.8 Å². The van der Waals surface area contributed by atoms with Gasteiger partial charge in [-0.2, -0.15) is 0 Å². The summed E-state index contributed by atoms with van der Waals surface area (Å²) < 4.78 is 6.89. The fourth-order valence-electron chi connectivity index (χ4n) is 2.19. The lowest BCUT2D eigenvalue weighted by Crippen LogP contribution is -2.16. The summed E-state index contributed by atoms with van der Waals surface area (Å²) in [4.78, 5) is 0. The first-order chi connectivity index (χ1) is 7.24. The fraction of sp³-hybridized carbons (Fsp3) is 0.700. The molecule has 1 fully saturated rings. The molecule has 2 rings (SSSR count). The highest BCUT2D eigenvalue weighted by Crippen LogP contribution is 2.34. The first-order valence-corrected chi connectivity index (χ1v) is 5.41. The van der Waals surface area contributed by atoms with Crippen LogP contribution in [0.15, 0.2) is 0 Å². The van der Waals surface area contributed by atoms with Crippen molar-refractivity contribution >= 4 is 11.5 Å². The zero-order valence-electron chi connectivity index (χ0n) is 9.07. The Hall–Kier alpha value is -1.39. The molecule has 4 N–H and O–H groups in total. The molecule has 0 saturated heterocycles. The molecule has 0 radical (unpaired) electrons. The van der Waals surface area contributed by atoms with E-state index in [0.29, 0.717) is 23.4 Å². The van der Waals surface area contributed by atoms with Crippen molar-refractivity contribution in [3.05, 3.63) is 0 Å². The third kappa shape index (κ3) is 1.73. The summed E-state index contributed by atoms with van der Waals surface area (Å²) in [6.07, 6.45) is 6.06. The van der Waals surface area contributed by atoms with E-state index in [2.05, 4.69) is 5.10 Å². The van der Waals surface area contributed by atoms with Gasteiger partial charge >= 0.3 is 0 Å². The monoisotopic (exact) mass is 210 g/mol. The Labute approximate surface area is 89.4 Å². The summed E-state index contributed by atoms with van der Waals surface area (Å²) >= 11 is 0. The quantitative estimate of drug-likeness (QED) is 0.776. The van der Waals surface area contributed by atoms with Crippen molar-refractivity contribution in [3.8, 4) is 5.88 Å². The van der Waals surface area contributed by atoms with E-state index in [4.69, 9.17) is 16.2 Å². The highest BCUT2D eigenvalue weighted by Gasteiger charge is 2.21. The summed E-state index contributed by atoms with van der Waals surface area (Å²) in [5.41, 5.74) is 12.2. The van der Waals surface area contributed by atoms with Gasteiger partial charge in [-0.3, -0.25) is 0 Å². The van der Waals surface area contributed by atoms with Crippen LogP contribution in [0.3, 0.4) is 0 Å². The van der Waals surface area contributed by atoms with Crippen LogP contribution in [0.2, 0.25) is 0 Å². The Kier molecular flexibility index (Phi) is 2.70. The van der Waals surface area contributed by atoms with E-state index in [9.17, 15) is 0 Å². The predicted octanol–water partition coefficient (Wildman–Crippen LogP) is 1.56. The number of nitrogens with two attached hydrogens (primary N) is 2. The molecule has 0 atom stereocenters. The summed E-state index contributed by atoms with van der Waals surface area (Å²) in [6.45, 7) is 0. The third-order valence-electron chi connectivity index (χ3n) is 3.07. The number of rotatable bonds is 2. The van der Waals surface area contributed by atoms with Gasteiger partial charge in [0.2, 0.25) is 0 Å². The number of hydrogen-bond donors (Lipinski definition) is 2. The highest BCUT2D eigenvalue weighted by molar-refractivity contribution is 5.65. The minimum absolute atomic E-state index is 0.393. The number of aromatic nitrogens is 2. The molecule has 0 aromatic carbocycles. The van der Waals surface area contributed by atoms with E-state index in [1.165, 1.54) is 19.3 Å². The van der Waals surface area contributed by atoms with Crippen LogP contribution in [0, 0.1) is 0 Å². The highest BCUT2D eigenvalue weighted by atomic mass is 16.5. The molecule has 0 bridgehead atoms. The zero-order valence-corrected chi connectivity index (χ0v) is 9.07. The minimum Gasteiger partial charge on any atom is -0.478 e. The fourth-order valence-corrected chi connectivity index (χ4v) is 2.19. The number of nitrogens with zero attached hydrogens (tertiary/aromatic N) is 2. The molecule has 84 valence electrons. The largest absolute Gasteiger partial charge is 0.478 e. The maximum absolute atomic E-state index is 5.91. The maximum atomic E-state index is 5.91. The van der Waals surface area contributed by atoms with Crippen molar-refractivity contribution < 1.29 is 4.74 Å². The van der Waals surface area contributed by atoms with Gasteiger partial charge in [-0.25, -0.2) is 4.68 Å². The maximum Gasteiger partial charge on any atom is 0.258 e. The van der Waals surface area contributed by atoms with Gasteiger partial charge in [0, 0.05) is 0 Å². The first kappa shape index (κ1) is 10.1. The van der Waals surface area contributed by atoms with Crippen LogP contribution in [0.5, 0.6) is 5.88 Å². The lowest BCUT2D eigenvalue weighted by atomic mass is 9.96. The van der Waals surface area contributed by atoms with E-state index in [0.717, 1.165) is 12.8 Å². The normalized spacial score (nSPS) is 17.9. The Bertz CT molecular complexity index is 341. The summed E-state index contributed by atoms with van der Waals surface area (Å²) in [5, 5.41) is 4.30. The van der Waals surface area contributed by atoms with Crippen LogP contribution >= 0.6 is 0 Å². The number of nitrogen functional groups attached to an aromatic ring is 2. The average Bonchev–Trinajstić information content (AvgIpc) is 2.57. The third-order valence-corrected chi connectivity index (χ3v) is 3.07. The van der Waals surface area contributed by atoms with Gasteiger partial charge in [0.1, 0.15) is 11.5 Å². The Morgan fingerprint density at radius 1 is 1.27 bits per heavy atom. The second-order valence-electron chi connectivity index (χ2n) is 4.04. The Balaban J connectivity index is 2.26. The van der Waals surface area contributed by atoms with Crippen molar-refractivity contribution in [1.82, 2.24) is 9.78 Å². The number of anilines is 2. The number of methoxy groups -OCH3 is 1. The molecule has 15 heavy (non-hydrogen) atoms. The van der Waals surface area contributed by atoms with Crippen molar-refractivity contribution in [2.45, 2.75) is 38.1 Å². The van der Waals surface area contributed by atoms with Gasteiger partial charge < -0.3 is 16.2 Å². The van der Waals surface area contributed by atoms with Crippen LogP contribution in [-0.2, 0) is 0 Å². The second kappa shape index (κ2) is 4.00. The number of ether oxygens (including phenoxy) is 1. The summed E-state index contributed by atoms with van der Waals surface area (Å²) in [6, 6.07) is 0.393. The van der Waals surface area contributed by atoms with Gasteiger partial charge in [0.05, 0.1) is 13.2 Å². The molecule has 1 saturated carbocycles. The van der Waals surface area contributed by atoms with Crippen LogP contribution in [0.25, 0.3) is 0 Å². The molecule has 1 aromatic rings. The molecular formula is C10H18N4O. The molecule has 0 spiro atoms. The van der Waals surface area contributed by atoms with Crippen molar-refractivity contribution in [2.75, 3.05) is 18.6 Å². The lowest BCUT2D eigenvalue weighted by Gasteiger charge is -2.22. The van der Waals surface area contributed by atoms with Crippen LogP contribution in [0.1, 0.15) is 38.1 Å². The van der Waals surface area contributed by atoms with Crippen molar-refractivity contribution in [1.29, 1.82) is 0 Å².